The fourth-order valence-corrected chi connectivity index (χ4v) is 4.99. The van der Waals surface area contributed by atoms with E-state index in [0.717, 1.165) is 22.9 Å². The van der Waals surface area contributed by atoms with Crippen molar-refractivity contribution >= 4 is 58.9 Å². The zero-order valence-electron chi connectivity index (χ0n) is 17.5. The molecule has 3 aromatic carbocycles. The zero-order chi connectivity index (χ0) is 25.1. The average molecular weight is 574 g/mol. The highest BCUT2D eigenvalue weighted by molar-refractivity contribution is 9.10. The van der Waals surface area contributed by atoms with Crippen LogP contribution in [0.25, 0.3) is 0 Å². The van der Waals surface area contributed by atoms with E-state index in [9.17, 15) is 30.4 Å². The van der Waals surface area contributed by atoms with Crippen LogP contribution in [0.5, 0.6) is 0 Å². The Bertz CT molecular complexity index is 1420. The predicted molar refractivity (Wildman–Crippen MR) is 129 cm³/mol. The van der Waals surface area contributed by atoms with Gasteiger partial charge in [-0.3, -0.25) is 13.8 Å². The van der Waals surface area contributed by atoms with E-state index in [1.807, 2.05) is 0 Å². The molecule has 0 radical (unpaired) electrons. The monoisotopic (exact) mass is 573 g/mol. The first kappa shape index (κ1) is 25.6. The lowest BCUT2D eigenvalue weighted by Gasteiger charge is -2.22. The van der Waals surface area contributed by atoms with Crippen molar-refractivity contribution in [2.75, 3.05) is 27.1 Å². The zero-order valence-corrected chi connectivity index (χ0v) is 20.7. The Balaban J connectivity index is 1.71. The van der Waals surface area contributed by atoms with Gasteiger partial charge in [-0.25, -0.2) is 25.6 Å². The molecule has 0 aromatic heterocycles. The van der Waals surface area contributed by atoms with E-state index in [2.05, 4.69) is 26.0 Å². The summed E-state index contributed by atoms with van der Waals surface area (Å²) in [7, 11) is -7.89. The summed E-state index contributed by atoms with van der Waals surface area (Å²) in [6, 6.07) is 14.2. The summed E-state index contributed by atoms with van der Waals surface area (Å²) in [6.45, 7) is -0.713. The van der Waals surface area contributed by atoms with Crippen LogP contribution >= 0.6 is 15.9 Å². The van der Waals surface area contributed by atoms with Crippen molar-refractivity contribution in [3.05, 3.63) is 82.8 Å². The number of nitrogens with one attached hydrogen (secondary N) is 2. The molecule has 0 aliphatic rings. The maximum absolute atomic E-state index is 13.5. The van der Waals surface area contributed by atoms with Gasteiger partial charge in [0.25, 0.3) is 10.0 Å². The van der Waals surface area contributed by atoms with Gasteiger partial charge in [-0.05, 0) is 60.7 Å². The van der Waals surface area contributed by atoms with Gasteiger partial charge in [0, 0.05) is 21.9 Å². The molecular weight excluding hydrogens is 556 g/mol. The molecule has 34 heavy (non-hydrogen) atoms. The number of halogens is 3. The van der Waals surface area contributed by atoms with E-state index in [0.29, 0.717) is 16.1 Å². The molecule has 0 aliphatic carbocycles. The summed E-state index contributed by atoms with van der Waals surface area (Å²) >= 11 is 3.26. The second kappa shape index (κ2) is 10.1. The highest BCUT2D eigenvalue weighted by Crippen LogP contribution is 2.22. The average Bonchev–Trinajstić information content (AvgIpc) is 2.75. The molecule has 180 valence electrons. The van der Waals surface area contributed by atoms with Crippen LogP contribution in [0.1, 0.15) is 0 Å². The number of sulfonamides is 2. The molecule has 3 aromatic rings. The Kier molecular flexibility index (Phi) is 7.58. The number of benzene rings is 3. The summed E-state index contributed by atoms with van der Waals surface area (Å²) < 4.78 is 79.8. The summed E-state index contributed by atoms with van der Waals surface area (Å²) in [5, 5.41) is 2.44. The minimum atomic E-state index is -4.00. The van der Waals surface area contributed by atoms with Crippen molar-refractivity contribution in [2.45, 2.75) is 4.90 Å². The van der Waals surface area contributed by atoms with Gasteiger partial charge in [-0.1, -0.05) is 15.9 Å². The van der Waals surface area contributed by atoms with E-state index in [1.165, 1.54) is 24.3 Å². The van der Waals surface area contributed by atoms with Gasteiger partial charge >= 0.3 is 0 Å². The first-order valence-electron chi connectivity index (χ1n) is 9.46. The Labute approximate surface area is 203 Å². The van der Waals surface area contributed by atoms with Crippen molar-refractivity contribution in [3.8, 4) is 0 Å². The Morgan fingerprint density at radius 1 is 0.882 bits per heavy atom. The van der Waals surface area contributed by atoms with Crippen LogP contribution in [0.2, 0.25) is 0 Å². The number of carbonyl (C=O) groups excluding carboxylic acids is 1. The number of carbonyl (C=O) groups is 1. The number of rotatable bonds is 8. The molecule has 0 aliphatic heterocycles. The van der Waals surface area contributed by atoms with Crippen molar-refractivity contribution < 1.29 is 30.4 Å². The lowest BCUT2D eigenvalue weighted by atomic mass is 10.3. The Morgan fingerprint density at radius 3 is 2.03 bits per heavy atom. The molecular formula is C21H18BrF2N3O5S2. The minimum Gasteiger partial charge on any atom is -0.325 e. The SMILES string of the molecule is CS(=O)(=O)N(CC(=O)Nc1ccc(S(=O)(=O)Nc2ccc(Br)cc2)cc1)c1ccc(F)c(F)c1. The standard InChI is InChI=1S/C21H18BrF2N3O5S2/c1-33(29,30)27(17-8-11-19(23)20(24)12-17)13-21(28)25-15-6-9-18(10-7-15)34(31,32)26-16-4-2-14(22)3-5-16/h2-12,26H,13H2,1H3,(H,25,28). The van der Waals surface area contributed by atoms with E-state index < -0.39 is 44.1 Å². The summed E-state index contributed by atoms with van der Waals surface area (Å²) in [4.78, 5) is 12.4. The molecule has 0 unspecified atom stereocenters. The van der Waals surface area contributed by atoms with Crippen molar-refractivity contribution in [1.29, 1.82) is 0 Å². The molecule has 0 spiro atoms. The highest BCUT2D eigenvalue weighted by Gasteiger charge is 2.22. The van der Waals surface area contributed by atoms with Crippen LogP contribution < -0.4 is 14.3 Å². The van der Waals surface area contributed by atoms with E-state index in [1.54, 1.807) is 24.3 Å². The quantitative estimate of drug-likeness (QED) is 0.424. The normalized spacial score (nSPS) is 11.6. The van der Waals surface area contributed by atoms with Crippen LogP contribution in [-0.4, -0.2) is 35.5 Å². The molecule has 0 saturated carbocycles. The fraction of sp³-hybridized carbons (Fsp3) is 0.0952. The molecule has 1 amide bonds. The molecule has 0 heterocycles. The van der Waals surface area contributed by atoms with Crippen LogP contribution in [0.4, 0.5) is 25.8 Å². The maximum Gasteiger partial charge on any atom is 0.261 e. The molecule has 0 saturated heterocycles. The van der Waals surface area contributed by atoms with E-state index in [-0.39, 0.29) is 16.3 Å². The first-order chi connectivity index (χ1) is 15.8. The summed E-state index contributed by atoms with van der Waals surface area (Å²) in [5.74, 6) is -3.20. The summed E-state index contributed by atoms with van der Waals surface area (Å²) in [5.41, 5.74) is 0.335. The number of anilines is 3. The summed E-state index contributed by atoms with van der Waals surface area (Å²) in [6.07, 6.45) is 0.819. The number of amides is 1. The Hall–Kier alpha value is -3.03. The predicted octanol–water partition coefficient (Wildman–Crippen LogP) is 3.93. The largest absolute Gasteiger partial charge is 0.325 e. The van der Waals surface area contributed by atoms with Gasteiger partial charge in [0.15, 0.2) is 11.6 Å². The topological polar surface area (TPSA) is 113 Å². The fourth-order valence-electron chi connectivity index (χ4n) is 2.82. The third-order valence-electron chi connectivity index (χ3n) is 4.42. The minimum absolute atomic E-state index is 0.0621. The second-order valence-electron chi connectivity index (χ2n) is 7.05. The van der Waals surface area contributed by atoms with Gasteiger partial charge in [0.1, 0.15) is 6.54 Å². The highest BCUT2D eigenvalue weighted by atomic mass is 79.9. The molecule has 0 atom stereocenters. The lowest BCUT2D eigenvalue weighted by molar-refractivity contribution is -0.114. The van der Waals surface area contributed by atoms with Gasteiger partial charge in [0.2, 0.25) is 15.9 Å². The second-order valence-corrected chi connectivity index (χ2v) is 11.6. The van der Waals surface area contributed by atoms with Crippen molar-refractivity contribution in [3.63, 3.8) is 0 Å². The lowest BCUT2D eigenvalue weighted by Crippen LogP contribution is -2.37. The van der Waals surface area contributed by atoms with Gasteiger partial charge < -0.3 is 5.32 Å². The third-order valence-corrected chi connectivity index (χ3v) is 7.49. The van der Waals surface area contributed by atoms with Crippen LogP contribution in [0.15, 0.2) is 76.1 Å². The molecule has 2 N–H and O–H groups in total. The number of nitrogens with zero attached hydrogens (tertiary/aromatic N) is 1. The van der Waals surface area contributed by atoms with Crippen molar-refractivity contribution in [2.24, 2.45) is 0 Å². The molecule has 3 rings (SSSR count). The van der Waals surface area contributed by atoms with Gasteiger partial charge in [-0.15, -0.1) is 0 Å². The van der Waals surface area contributed by atoms with E-state index in [4.69, 9.17) is 0 Å². The first-order valence-corrected chi connectivity index (χ1v) is 13.6. The maximum atomic E-state index is 13.5. The number of hydrogen-bond acceptors (Lipinski definition) is 5. The molecule has 0 fully saturated rings. The van der Waals surface area contributed by atoms with Crippen LogP contribution in [0.3, 0.4) is 0 Å². The van der Waals surface area contributed by atoms with Crippen LogP contribution in [-0.2, 0) is 24.8 Å². The molecule has 8 nitrogen and oxygen atoms in total. The van der Waals surface area contributed by atoms with Gasteiger partial charge in [-0.2, -0.15) is 0 Å². The van der Waals surface area contributed by atoms with E-state index >= 15 is 0 Å². The smallest absolute Gasteiger partial charge is 0.261 e. The third kappa shape index (κ3) is 6.52. The molecule has 13 heteroatoms. The molecule has 0 bridgehead atoms. The van der Waals surface area contributed by atoms with Crippen molar-refractivity contribution in [1.82, 2.24) is 0 Å². The number of hydrogen-bond donors (Lipinski definition) is 2. The Morgan fingerprint density at radius 2 is 1.47 bits per heavy atom. The van der Waals surface area contributed by atoms with Gasteiger partial charge in [0.05, 0.1) is 16.8 Å². The van der Waals surface area contributed by atoms with Crippen LogP contribution in [0, 0.1) is 11.6 Å².